The largest absolute Gasteiger partial charge is 0.241 e. The predicted molar refractivity (Wildman–Crippen MR) is 61.6 cm³/mol. The van der Waals surface area contributed by atoms with Crippen molar-refractivity contribution in [1.29, 1.82) is 5.26 Å². The standard InChI is InChI=1S/C10H11ClN2O2S/c1-2-5-13-16(14,15)10-6-9(11)4-3-8(10)7-12/h3-4,6,13H,2,5H2,1H3. The van der Waals surface area contributed by atoms with Crippen LogP contribution in [0.25, 0.3) is 0 Å². The van der Waals surface area contributed by atoms with Crippen molar-refractivity contribution in [3.05, 3.63) is 28.8 Å². The molecule has 0 radical (unpaired) electrons. The number of rotatable bonds is 4. The first-order chi connectivity index (χ1) is 7.51. The average Bonchev–Trinajstić information content (AvgIpc) is 2.26. The third-order valence-electron chi connectivity index (χ3n) is 1.90. The molecule has 0 unspecified atom stereocenters. The number of nitrogens with one attached hydrogen (secondary N) is 1. The van der Waals surface area contributed by atoms with E-state index >= 15 is 0 Å². The summed E-state index contributed by atoms with van der Waals surface area (Å²) in [6, 6.07) is 5.98. The molecule has 16 heavy (non-hydrogen) atoms. The van der Waals surface area contributed by atoms with E-state index in [-0.39, 0.29) is 15.5 Å². The topological polar surface area (TPSA) is 70.0 Å². The van der Waals surface area contributed by atoms with Crippen molar-refractivity contribution in [2.75, 3.05) is 6.54 Å². The minimum atomic E-state index is -3.64. The lowest BCUT2D eigenvalue weighted by Gasteiger charge is -2.07. The summed E-state index contributed by atoms with van der Waals surface area (Å²) >= 11 is 5.71. The maximum absolute atomic E-state index is 11.8. The van der Waals surface area contributed by atoms with Crippen molar-refractivity contribution in [2.45, 2.75) is 18.2 Å². The lowest BCUT2D eigenvalue weighted by atomic mass is 10.2. The molecule has 0 heterocycles. The van der Waals surface area contributed by atoms with Gasteiger partial charge in [0.1, 0.15) is 11.0 Å². The van der Waals surface area contributed by atoms with Crippen LogP contribution in [0.15, 0.2) is 23.1 Å². The molecule has 1 aromatic rings. The van der Waals surface area contributed by atoms with Gasteiger partial charge in [-0.2, -0.15) is 5.26 Å². The van der Waals surface area contributed by atoms with Crippen LogP contribution < -0.4 is 4.72 Å². The normalized spacial score (nSPS) is 11.1. The second kappa shape index (κ2) is 5.30. The van der Waals surface area contributed by atoms with Gasteiger partial charge in [-0.05, 0) is 24.6 Å². The van der Waals surface area contributed by atoms with E-state index < -0.39 is 10.0 Å². The van der Waals surface area contributed by atoms with Crippen LogP contribution >= 0.6 is 11.6 Å². The van der Waals surface area contributed by atoms with Gasteiger partial charge in [-0.3, -0.25) is 0 Å². The number of nitrogens with zero attached hydrogens (tertiary/aromatic N) is 1. The first-order valence-corrected chi connectivity index (χ1v) is 6.56. The predicted octanol–water partition coefficient (Wildman–Crippen LogP) is 1.90. The van der Waals surface area contributed by atoms with Gasteiger partial charge in [0.05, 0.1) is 5.56 Å². The van der Waals surface area contributed by atoms with Crippen LogP contribution in [0.3, 0.4) is 0 Å². The zero-order valence-electron chi connectivity index (χ0n) is 8.70. The Labute approximate surface area is 99.9 Å². The van der Waals surface area contributed by atoms with Gasteiger partial charge in [0, 0.05) is 11.6 Å². The van der Waals surface area contributed by atoms with Crippen molar-refractivity contribution >= 4 is 21.6 Å². The lowest BCUT2D eigenvalue weighted by molar-refractivity contribution is 0.580. The SMILES string of the molecule is CCCNS(=O)(=O)c1cc(Cl)ccc1C#N. The summed E-state index contributed by atoms with van der Waals surface area (Å²) in [6.07, 6.45) is 0.682. The first-order valence-electron chi connectivity index (χ1n) is 4.70. The molecule has 0 bridgehead atoms. The molecule has 6 heteroatoms. The molecule has 0 aromatic heterocycles. The molecule has 0 fully saturated rings. The second-order valence-electron chi connectivity index (χ2n) is 3.15. The summed E-state index contributed by atoms with van der Waals surface area (Å²) in [6.45, 7) is 2.19. The van der Waals surface area contributed by atoms with Crippen LogP contribution in [0.4, 0.5) is 0 Å². The van der Waals surface area contributed by atoms with Crippen LogP contribution in [0.2, 0.25) is 5.02 Å². The summed E-state index contributed by atoms with van der Waals surface area (Å²) < 4.78 is 26.0. The summed E-state index contributed by atoms with van der Waals surface area (Å²) in [4.78, 5) is -0.0732. The highest BCUT2D eigenvalue weighted by Gasteiger charge is 2.18. The fraction of sp³-hybridized carbons (Fsp3) is 0.300. The Balaban J connectivity index is 3.22. The van der Waals surface area contributed by atoms with Crippen LogP contribution in [0, 0.1) is 11.3 Å². The maximum Gasteiger partial charge on any atom is 0.241 e. The van der Waals surface area contributed by atoms with E-state index in [9.17, 15) is 8.42 Å². The van der Waals surface area contributed by atoms with Gasteiger partial charge in [0.2, 0.25) is 10.0 Å². The Morgan fingerprint density at radius 2 is 2.19 bits per heavy atom. The molecule has 1 aromatic carbocycles. The van der Waals surface area contributed by atoms with Crippen molar-refractivity contribution in [2.24, 2.45) is 0 Å². The molecule has 1 rings (SSSR count). The molecule has 1 N–H and O–H groups in total. The van der Waals surface area contributed by atoms with Crippen LogP contribution in [-0.2, 0) is 10.0 Å². The van der Waals surface area contributed by atoms with E-state index in [0.717, 1.165) is 0 Å². The van der Waals surface area contributed by atoms with Crippen LogP contribution in [-0.4, -0.2) is 15.0 Å². The monoisotopic (exact) mass is 258 g/mol. The molecular formula is C10H11ClN2O2S. The Hall–Kier alpha value is -1.09. The minimum Gasteiger partial charge on any atom is -0.211 e. The van der Waals surface area contributed by atoms with E-state index in [0.29, 0.717) is 13.0 Å². The number of benzene rings is 1. The average molecular weight is 259 g/mol. The second-order valence-corrected chi connectivity index (χ2v) is 5.32. The molecule has 0 aliphatic rings. The number of nitriles is 1. The molecule has 0 atom stereocenters. The molecule has 0 aliphatic carbocycles. The number of sulfonamides is 1. The molecule has 0 spiro atoms. The highest BCUT2D eigenvalue weighted by Crippen LogP contribution is 2.19. The Kier molecular flexibility index (Phi) is 4.30. The minimum absolute atomic E-state index is 0.0732. The number of hydrogen-bond acceptors (Lipinski definition) is 3. The fourth-order valence-corrected chi connectivity index (χ4v) is 2.68. The Morgan fingerprint density at radius 3 is 2.75 bits per heavy atom. The van der Waals surface area contributed by atoms with E-state index in [2.05, 4.69) is 4.72 Å². The number of hydrogen-bond donors (Lipinski definition) is 1. The smallest absolute Gasteiger partial charge is 0.211 e. The van der Waals surface area contributed by atoms with Crippen molar-refractivity contribution < 1.29 is 8.42 Å². The van der Waals surface area contributed by atoms with Gasteiger partial charge in [-0.1, -0.05) is 18.5 Å². The molecule has 4 nitrogen and oxygen atoms in total. The molecular weight excluding hydrogens is 248 g/mol. The van der Waals surface area contributed by atoms with E-state index in [1.54, 1.807) is 0 Å². The molecule has 0 amide bonds. The molecule has 0 saturated heterocycles. The first kappa shape index (κ1) is 13.0. The van der Waals surface area contributed by atoms with E-state index in [4.69, 9.17) is 16.9 Å². The van der Waals surface area contributed by atoms with Gasteiger partial charge in [0.15, 0.2) is 0 Å². The van der Waals surface area contributed by atoms with Gasteiger partial charge in [-0.25, -0.2) is 13.1 Å². The van der Waals surface area contributed by atoms with Crippen LogP contribution in [0.1, 0.15) is 18.9 Å². The zero-order chi connectivity index (χ0) is 12.2. The summed E-state index contributed by atoms with van der Waals surface area (Å²) in [7, 11) is -3.64. The van der Waals surface area contributed by atoms with Gasteiger partial charge < -0.3 is 0 Å². The molecule has 86 valence electrons. The summed E-state index contributed by atoms with van der Waals surface area (Å²) in [5.41, 5.74) is 0.0907. The lowest BCUT2D eigenvalue weighted by Crippen LogP contribution is -2.25. The van der Waals surface area contributed by atoms with E-state index in [1.165, 1.54) is 18.2 Å². The van der Waals surface area contributed by atoms with Gasteiger partial charge in [0.25, 0.3) is 0 Å². The van der Waals surface area contributed by atoms with Crippen molar-refractivity contribution in [3.8, 4) is 6.07 Å². The quantitative estimate of drug-likeness (QED) is 0.897. The van der Waals surface area contributed by atoms with Gasteiger partial charge in [-0.15, -0.1) is 0 Å². The zero-order valence-corrected chi connectivity index (χ0v) is 10.3. The van der Waals surface area contributed by atoms with Crippen molar-refractivity contribution in [1.82, 2.24) is 4.72 Å². The molecule has 0 aliphatic heterocycles. The van der Waals surface area contributed by atoms with E-state index in [1.807, 2.05) is 13.0 Å². The highest BCUT2D eigenvalue weighted by atomic mass is 35.5. The fourth-order valence-electron chi connectivity index (χ4n) is 1.13. The Bertz CT molecular complexity index is 520. The van der Waals surface area contributed by atoms with Gasteiger partial charge >= 0.3 is 0 Å². The van der Waals surface area contributed by atoms with Crippen molar-refractivity contribution in [3.63, 3.8) is 0 Å². The third-order valence-corrected chi connectivity index (χ3v) is 3.63. The highest BCUT2D eigenvalue weighted by molar-refractivity contribution is 7.89. The van der Waals surface area contributed by atoms with Crippen LogP contribution in [0.5, 0.6) is 0 Å². The Morgan fingerprint density at radius 1 is 1.50 bits per heavy atom. The summed E-state index contributed by atoms with van der Waals surface area (Å²) in [5.74, 6) is 0. The maximum atomic E-state index is 11.8. The molecule has 0 saturated carbocycles. The third kappa shape index (κ3) is 2.95. The summed E-state index contributed by atoms with van der Waals surface area (Å²) in [5, 5.41) is 9.10. The number of halogens is 1.